The SMILES string of the molecule is Cc1sc(-c2ccco2)nc1C(=O)Nc1ccc(N2CCCC2=O)cn1. The highest BCUT2D eigenvalue weighted by atomic mass is 32.1. The van der Waals surface area contributed by atoms with Crippen molar-refractivity contribution >= 4 is 34.7 Å². The van der Waals surface area contributed by atoms with Gasteiger partial charge in [-0.1, -0.05) is 0 Å². The van der Waals surface area contributed by atoms with E-state index in [2.05, 4.69) is 15.3 Å². The maximum absolute atomic E-state index is 12.5. The molecule has 2 amide bonds. The molecule has 1 fully saturated rings. The maximum atomic E-state index is 12.5. The van der Waals surface area contributed by atoms with Gasteiger partial charge in [0.25, 0.3) is 5.91 Å². The van der Waals surface area contributed by atoms with Crippen LogP contribution in [0.1, 0.15) is 28.2 Å². The molecule has 0 aliphatic carbocycles. The van der Waals surface area contributed by atoms with Crippen molar-refractivity contribution in [1.82, 2.24) is 9.97 Å². The van der Waals surface area contributed by atoms with E-state index in [1.807, 2.05) is 6.92 Å². The predicted molar refractivity (Wildman–Crippen MR) is 98.3 cm³/mol. The molecule has 1 N–H and O–H groups in total. The first-order valence-corrected chi connectivity index (χ1v) is 9.02. The highest BCUT2D eigenvalue weighted by molar-refractivity contribution is 7.15. The zero-order valence-electron chi connectivity index (χ0n) is 14.1. The Balaban J connectivity index is 1.49. The van der Waals surface area contributed by atoms with Gasteiger partial charge in [-0.25, -0.2) is 9.97 Å². The molecule has 8 heteroatoms. The van der Waals surface area contributed by atoms with Crippen LogP contribution in [-0.2, 0) is 4.79 Å². The van der Waals surface area contributed by atoms with Crippen molar-refractivity contribution in [2.24, 2.45) is 0 Å². The Morgan fingerprint density at radius 2 is 2.23 bits per heavy atom. The van der Waals surface area contributed by atoms with Gasteiger partial charge in [0.2, 0.25) is 5.91 Å². The Hall–Kier alpha value is -3.00. The van der Waals surface area contributed by atoms with Crippen molar-refractivity contribution in [2.45, 2.75) is 19.8 Å². The Morgan fingerprint density at radius 3 is 2.88 bits per heavy atom. The van der Waals surface area contributed by atoms with Crippen LogP contribution in [0.15, 0.2) is 41.1 Å². The molecule has 0 atom stereocenters. The summed E-state index contributed by atoms with van der Waals surface area (Å²) in [6, 6.07) is 7.06. The number of nitrogens with one attached hydrogen (secondary N) is 1. The van der Waals surface area contributed by atoms with Crippen molar-refractivity contribution in [3.63, 3.8) is 0 Å². The zero-order valence-corrected chi connectivity index (χ0v) is 14.9. The predicted octanol–water partition coefficient (Wildman–Crippen LogP) is 3.49. The van der Waals surface area contributed by atoms with Crippen LogP contribution in [0.3, 0.4) is 0 Å². The largest absolute Gasteiger partial charge is 0.462 e. The Kier molecular flexibility index (Phi) is 4.26. The highest BCUT2D eigenvalue weighted by Crippen LogP contribution is 2.28. The van der Waals surface area contributed by atoms with Crippen LogP contribution in [-0.4, -0.2) is 28.3 Å². The fourth-order valence-corrected chi connectivity index (χ4v) is 3.71. The van der Waals surface area contributed by atoms with E-state index in [1.165, 1.54) is 11.3 Å². The van der Waals surface area contributed by atoms with Gasteiger partial charge in [0.05, 0.1) is 18.1 Å². The first kappa shape index (κ1) is 16.5. The number of furan rings is 1. The molecule has 0 spiro atoms. The third kappa shape index (κ3) is 3.11. The molecule has 0 bridgehead atoms. The summed E-state index contributed by atoms with van der Waals surface area (Å²) in [5.74, 6) is 0.827. The molecule has 7 nitrogen and oxygen atoms in total. The van der Waals surface area contributed by atoms with E-state index in [9.17, 15) is 9.59 Å². The van der Waals surface area contributed by atoms with Crippen LogP contribution < -0.4 is 10.2 Å². The monoisotopic (exact) mass is 368 g/mol. The topological polar surface area (TPSA) is 88.3 Å². The Morgan fingerprint density at radius 1 is 1.35 bits per heavy atom. The fraction of sp³-hybridized carbons (Fsp3) is 0.222. The number of nitrogens with zero attached hydrogens (tertiary/aromatic N) is 3. The summed E-state index contributed by atoms with van der Waals surface area (Å²) in [5, 5.41) is 3.41. The average molecular weight is 368 g/mol. The quantitative estimate of drug-likeness (QED) is 0.761. The third-order valence-corrected chi connectivity index (χ3v) is 5.10. The molecule has 0 unspecified atom stereocenters. The number of amides is 2. The highest BCUT2D eigenvalue weighted by Gasteiger charge is 2.22. The lowest BCUT2D eigenvalue weighted by molar-refractivity contribution is -0.117. The molecule has 0 saturated carbocycles. The molecule has 132 valence electrons. The lowest BCUT2D eigenvalue weighted by Gasteiger charge is -2.15. The van der Waals surface area contributed by atoms with E-state index in [4.69, 9.17) is 4.42 Å². The maximum Gasteiger partial charge on any atom is 0.276 e. The number of rotatable bonds is 4. The number of aromatic nitrogens is 2. The second kappa shape index (κ2) is 6.72. The summed E-state index contributed by atoms with van der Waals surface area (Å²) in [4.78, 5) is 35.4. The van der Waals surface area contributed by atoms with Crippen LogP contribution in [0.5, 0.6) is 0 Å². The first-order chi connectivity index (χ1) is 12.6. The van der Waals surface area contributed by atoms with E-state index in [0.29, 0.717) is 35.2 Å². The van der Waals surface area contributed by atoms with Crippen LogP contribution in [0.4, 0.5) is 11.5 Å². The van der Waals surface area contributed by atoms with Crippen molar-refractivity contribution < 1.29 is 14.0 Å². The summed E-state index contributed by atoms with van der Waals surface area (Å²) in [6.07, 6.45) is 4.60. The first-order valence-electron chi connectivity index (χ1n) is 8.21. The smallest absolute Gasteiger partial charge is 0.276 e. The molecule has 1 aliphatic heterocycles. The number of carbonyl (C=O) groups is 2. The molecule has 3 aromatic heterocycles. The van der Waals surface area contributed by atoms with E-state index in [-0.39, 0.29) is 11.8 Å². The summed E-state index contributed by atoms with van der Waals surface area (Å²) < 4.78 is 5.33. The van der Waals surface area contributed by atoms with Gasteiger partial charge in [-0.2, -0.15) is 0 Å². The van der Waals surface area contributed by atoms with Crippen LogP contribution in [0.25, 0.3) is 10.8 Å². The van der Waals surface area contributed by atoms with E-state index >= 15 is 0 Å². The number of thiazole rings is 1. The van der Waals surface area contributed by atoms with Gasteiger partial charge >= 0.3 is 0 Å². The molecule has 0 radical (unpaired) electrons. The van der Waals surface area contributed by atoms with Gasteiger partial charge in [0.1, 0.15) is 11.5 Å². The summed E-state index contributed by atoms with van der Waals surface area (Å²) in [5.41, 5.74) is 1.09. The Labute approximate surface area is 153 Å². The van der Waals surface area contributed by atoms with E-state index in [0.717, 1.165) is 17.0 Å². The molecule has 1 saturated heterocycles. The summed E-state index contributed by atoms with van der Waals surface area (Å²) in [7, 11) is 0. The lowest BCUT2D eigenvalue weighted by atomic mass is 10.3. The number of hydrogen-bond acceptors (Lipinski definition) is 6. The zero-order chi connectivity index (χ0) is 18.1. The standard InChI is InChI=1S/C18H16N4O3S/c1-11-16(21-18(26-11)13-4-3-9-25-13)17(24)20-14-7-6-12(10-19-14)22-8-2-5-15(22)23/h3-4,6-7,9-10H,2,5,8H2,1H3,(H,19,20,24). The molecule has 4 heterocycles. The second-order valence-corrected chi connectivity index (χ2v) is 7.11. The third-order valence-electron chi connectivity index (χ3n) is 4.12. The van der Waals surface area contributed by atoms with Gasteiger partial charge < -0.3 is 14.6 Å². The number of anilines is 2. The van der Waals surface area contributed by atoms with Gasteiger partial charge in [0, 0.05) is 17.8 Å². The normalized spacial score (nSPS) is 14.0. The summed E-state index contributed by atoms with van der Waals surface area (Å²) >= 11 is 1.40. The molecular formula is C18H16N4O3S. The van der Waals surface area contributed by atoms with Crippen molar-refractivity contribution in [3.05, 3.63) is 47.3 Å². The van der Waals surface area contributed by atoms with Crippen molar-refractivity contribution in [3.8, 4) is 10.8 Å². The van der Waals surface area contributed by atoms with Gasteiger partial charge in [-0.3, -0.25) is 9.59 Å². The molecule has 3 aromatic rings. The molecule has 26 heavy (non-hydrogen) atoms. The van der Waals surface area contributed by atoms with Crippen molar-refractivity contribution in [1.29, 1.82) is 0 Å². The number of hydrogen-bond donors (Lipinski definition) is 1. The van der Waals surface area contributed by atoms with E-state index < -0.39 is 0 Å². The molecular weight excluding hydrogens is 352 g/mol. The second-order valence-electron chi connectivity index (χ2n) is 5.91. The Bertz CT molecular complexity index is 947. The number of aryl methyl sites for hydroxylation is 1. The molecule has 4 rings (SSSR count). The number of carbonyl (C=O) groups excluding carboxylic acids is 2. The minimum Gasteiger partial charge on any atom is -0.462 e. The minimum absolute atomic E-state index is 0.104. The van der Waals surface area contributed by atoms with Crippen LogP contribution in [0, 0.1) is 6.92 Å². The van der Waals surface area contributed by atoms with E-state index in [1.54, 1.807) is 41.6 Å². The fourth-order valence-electron chi connectivity index (χ4n) is 2.83. The van der Waals surface area contributed by atoms with Gasteiger partial charge in [-0.05, 0) is 37.6 Å². The lowest BCUT2D eigenvalue weighted by Crippen LogP contribution is -2.23. The van der Waals surface area contributed by atoms with Gasteiger partial charge in [0.15, 0.2) is 10.8 Å². The summed E-state index contributed by atoms with van der Waals surface area (Å²) in [6.45, 7) is 2.55. The minimum atomic E-state index is -0.325. The average Bonchev–Trinajstić information content (AvgIpc) is 3.36. The number of pyridine rings is 1. The van der Waals surface area contributed by atoms with Gasteiger partial charge in [-0.15, -0.1) is 11.3 Å². The van der Waals surface area contributed by atoms with Crippen LogP contribution in [0.2, 0.25) is 0 Å². The molecule has 0 aromatic carbocycles. The van der Waals surface area contributed by atoms with Crippen molar-refractivity contribution in [2.75, 3.05) is 16.8 Å². The molecule has 1 aliphatic rings. The van der Waals surface area contributed by atoms with Crippen LogP contribution >= 0.6 is 11.3 Å².